The van der Waals surface area contributed by atoms with Crippen LogP contribution in [0.4, 0.5) is 16.2 Å². The van der Waals surface area contributed by atoms with Crippen LogP contribution in [-0.2, 0) is 19.1 Å². The number of benzene rings is 2. The van der Waals surface area contributed by atoms with Crippen LogP contribution in [0.2, 0.25) is 5.02 Å². The highest BCUT2D eigenvalue weighted by Crippen LogP contribution is 2.33. The highest BCUT2D eigenvalue weighted by Gasteiger charge is 2.24. The van der Waals surface area contributed by atoms with Crippen molar-refractivity contribution in [3.05, 3.63) is 71.4 Å². The molecule has 3 heterocycles. The van der Waals surface area contributed by atoms with Gasteiger partial charge >= 0.3 is 12.1 Å². The van der Waals surface area contributed by atoms with Gasteiger partial charge in [-0.25, -0.2) is 14.6 Å². The Hall–Kier alpha value is -5.24. The van der Waals surface area contributed by atoms with Crippen molar-refractivity contribution in [1.29, 1.82) is 0 Å². The molecule has 0 fully saturated rings. The molecule has 0 aliphatic carbocycles. The van der Waals surface area contributed by atoms with Gasteiger partial charge in [0, 0.05) is 33.6 Å². The van der Waals surface area contributed by atoms with Crippen LogP contribution in [0.25, 0.3) is 23.0 Å². The number of H-pyrrole nitrogens is 1. The molecule has 2 aromatic carbocycles. The first-order chi connectivity index (χ1) is 21.3. The average molecular weight is 620 g/mol. The maximum absolute atomic E-state index is 13.2. The van der Waals surface area contributed by atoms with Crippen molar-refractivity contribution < 1.29 is 23.9 Å². The molecule has 2 bridgehead atoms. The molecule has 0 saturated heterocycles. The van der Waals surface area contributed by atoms with E-state index < -0.39 is 24.1 Å². The molecule has 4 N–H and O–H groups in total. The number of amides is 2. The first kappa shape index (κ1) is 30.2. The lowest BCUT2D eigenvalue weighted by atomic mass is 10.0. The number of carbonyl (C=O) groups excluding carboxylic acids is 3. The zero-order chi connectivity index (χ0) is 31.1. The zero-order valence-electron chi connectivity index (χ0n) is 23.9. The summed E-state index contributed by atoms with van der Waals surface area (Å²) < 4.78 is 11.2. The largest absolute Gasteiger partial charge is 0.467 e. The lowest BCUT2D eigenvalue weighted by Crippen LogP contribution is -2.31. The topological polar surface area (TPSA) is 178 Å². The number of nitrogens with one attached hydrogen (secondary N) is 4. The Morgan fingerprint density at radius 2 is 1.93 bits per heavy atom. The molecular formula is C29H30ClN9O5. The highest BCUT2D eigenvalue weighted by molar-refractivity contribution is 6.30. The van der Waals surface area contributed by atoms with Crippen LogP contribution >= 0.6 is 11.6 Å². The van der Waals surface area contributed by atoms with Crippen LogP contribution in [0.15, 0.2) is 55.0 Å². The van der Waals surface area contributed by atoms with E-state index in [1.54, 1.807) is 48.7 Å². The third kappa shape index (κ3) is 7.21. The van der Waals surface area contributed by atoms with Gasteiger partial charge in [0.05, 0.1) is 37.8 Å². The van der Waals surface area contributed by atoms with Crippen molar-refractivity contribution >= 4 is 47.0 Å². The Kier molecular flexibility index (Phi) is 9.49. The van der Waals surface area contributed by atoms with E-state index in [0.29, 0.717) is 70.4 Å². The molecule has 0 saturated carbocycles. The van der Waals surface area contributed by atoms with Crippen LogP contribution in [0.3, 0.4) is 0 Å². The molecule has 1 aliphatic heterocycles. The van der Waals surface area contributed by atoms with Gasteiger partial charge in [0.2, 0.25) is 5.91 Å². The van der Waals surface area contributed by atoms with Crippen LogP contribution in [0.5, 0.6) is 0 Å². The van der Waals surface area contributed by atoms with Crippen molar-refractivity contribution in [2.45, 2.75) is 37.8 Å². The molecule has 14 nitrogen and oxygen atoms in total. The summed E-state index contributed by atoms with van der Waals surface area (Å²) in [5, 5.41) is 20.7. The lowest BCUT2D eigenvalue weighted by Gasteiger charge is -2.22. The van der Waals surface area contributed by atoms with Gasteiger partial charge in [0.1, 0.15) is 18.2 Å². The number of methoxy groups -OCH3 is 2. The molecule has 2 amide bonds. The predicted molar refractivity (Wildman–Crippen MR) is 162 cm³/mol. The van der Waals surface area contributed by atoms with Gasteiger partial charge < -0.3 is 25.1 Å². The zero-order valence-corrected chi connectivity index (χ0v) is 24.7. The molecule has 0 radical (unpaired) electrons. The summed E-state index contributed by atoms with van der Waals surface area (Å²) in [4.78, 5) is 45.5. The second kappa shape index (κ2) is 13.8. The van der Waals surface area contributed by atoms with E-state index in [1.807, 2.05) is 0 Å². The Morgan fingerprint density at radius 3 is 2.70 bits per heavy atom. The number of halogens is 1. The predicted octanol–water partition coefficient (Wildman–Crippen LogP) is 4.28. The Morgan fingerprint density at radius 1 is 1.09 bits per heavy atom. The molecule has 0 spiro atoms. The van der Waals surface area contributed by atoms with Crippen LogP contribution in [-0.4, -0.2) is 68.4 Å². The number of nitrogens with zero attached hydrogens (tertiary/aromatic N) is 5. The molecule has 1 aliphatic rings. The number of ether oxygens (including phenoxy) is 2. The summed E-state index contributed by atoms with van der Waals surface area (Å²) in [7, 11) is 2.61. The number of aromatic amines is 1. The summed E-state index contributed by atoms with van der Waals surface area (Å²) in [6.07, 6.45) is 7.96. The van der Waals surface area contributed by atoms with Gasteiger partial charge in [-0.1, -0.05) is 24.4 Å². The maximum Gasteiger partial charge on any atom is 0.411 e. The first-order valence-electron chi connectivity index (χ1n) is 13.7. The normalized spacial score (nSPS) is 16.5. The molecule has 2 atom stereocenters. The number of rotatable bonds is 6. The summed E-state index contributed by atoms with van der Waals surface area (Å²) in [5.41, 5.74) is 3.71. The van der Waals surface area contributed by atoms with Gasteiger partial charge in [0.25, 0.3) is 0 Å². The van der Waals surface area contributed by atoms with Gasteiger partial charge in [-0.05, 0) is 65.7 Å². The number of esters is 1. The first-order valence-corrected chi connectivity index (χ1v) is 14.1. The van der Waals surface area contributed by atoms with Crippen molar-refractivity contribution in [1.82, 2.24) is 35.5 Å². The molecule has 5 rings (SSSR count). The Labute approximate surface area is 257 Å². The minimum atomic E-state index is -0.642. The fourth-order valence-electron chi connectivity index (χ4n) is 4.87. The molecular weight excluding hydrogens is 590 g/mol. The molecule has 228 valence electrons. The van der Waals surface area contributed by atoms with Crippen molar-refractivity contribution in [2.75, 3.05) is 24.9 Å². The number of aromatic nitrogens is 6. The third-order valence-electron chi connectivity index (χ3n) is 7.03. The number of tetrazole rings is 1. The van der Waals surface area contributed by atoms with Gasteiger partial charge in [-0.3, -0.25) is 10.1 Å². The average Bonchev–Trinajstić information content (AvgIpc) is 3.73. The second-order valence-electron chi connectivity index (χ2n) is 9.92. The number of hydrogen-bond acceptors (Lipinski definition) is 10. The number of fused-ring (bicyclic) bond motifs is 4. The summed E-state index contributed by atoms with van der Waals surface area (Å²) in [5.74, 6) is -0.177. The number of carbonyl (C=O) groups is 3. The molecule has 4 aromatic rings. The minimum absolute atomic E-state index is 0.337. The fraction of sp³-hybridized carbons (Fsp3) is 0.276. The summed E-state index contributed by atoms with van der Waals surface area (Å²) >= 11 is 6.21. The van der Waals surface area contributed by atoms with Gasteiger partial charge in [0.15, 0.2) is 0 Å². The molecule has 15 heteroatoms. The summed E-state index contributed by atoms with van der Waals surface area (Å²) in [6.45, 7) is 0. The maximum atomic E-state index is 13.2. The van der Waals surface area contributed by atoms with Crippen molar-refractivity contribution in [3.8, 4) is 16.9 Å². The molecule has 44 heavy (non-hydrogen) atoms. The molecule has 2 aromatic heterocycles. The minimum Gasteiger partial charge on any atom is -0.467 e. The highest BCUT2D eigenvalue weighted by atomic mass is 35.5. The van der Waals surface area contributed by atoms with E-state index >= 15 is 0 Å². The van der Waals surface area contributed by atoms with Crippen LogP contribution in [0, 0.1) is 0 Å². The monoisotopic (exact) mass is 619 g/mol. The summed E-state index contributed by atoms with van der Waals surface area (Å²) in [6, 6.07) is 9.31. The number of anilines is 2. The van der Waals surface area contributed by atoms with Crippen molar-refractivity contribution in [2.24, 2.45) is 0 Å². The third-order valence-corrected chi connectivity index (χ3v) is 7.27. The van der Waals surface area contributed by atoms with Crippen molar-refractivity contribution in [3.63, 3.8) is 0 Å². The van der Waals surface area contributed by atoms with Gasteiger partial charge in [-0.15, -0.1) is 5.10 Å². The second-order valence-corrected chi connectivity index (χ2v) is 10.4. The van der Waals surface area contributed by atoms with E-state index in [9.17, 15) is 14.4 Å². The Bertz CT molecular complexity index is 1670. The SMILES string of the molecule is COC(=O)Nc1ccc2c(c1)NC(C(=O)OC)CCCC[C@H](NC(=O)C=Cc1cc(Cl)ccc1-n1cnnn1)c1ncc-2[nH]1. The molecule has 1 unspecified atom stereocenters. The Balaban J connectivity index is 1.41. The standard InChI is InChI=1S/C29H30ClN9O5/c1-43-28(41)22-6-4-3-5-21(35-26(40)12-7-17-13-18(30)8-11-25(17)39-16-32-37-38-39)27-31-15-24(36-27)20-10-9-19(14-23(20)34-22)33-29(42)44-2/h7-16,21-22,34H,3-6H2,1-2H3,(H,31,36)(H,33,42)(H,35,40)/t21-,22?/m0/s1. The smallest absolute Gasteiger partial charge is 0.411 e. The lowest BCUT2D eigenvalue weighted by molar-refractivity contribution is -0.141. The van der Waals surface area contributed by atoms with Crippen LogP contribution < -0.4 is 16.0 Å². The number of imidazole rings is 1. The quantitative estimate of drug-likeness (QED) is 0.180. The van der Waals surface area contributed by atoms with E-state index in [2.05, 4.69) is 41.4 Å². The fourth-order valence-corrected chi connectivity index (χ4v) is 5.05. The van der Waals surface area contributed by atoms with E-state index in [1.165, 1.54) is 31.3 Å². The van der Waals surface area contributed by atoms with Gasteiger partial charge in [-0.2, -0.15) is 4.68 Å². The van der Waals surface area contributed by atoms with E-state index in [4.69, 9.17) is 21.1 Å². The van der Waals surface area contributed by atoms with Crippen LogP contribution in [0.1, 0.15) is 43.1 Å². The number of hydrogen-bond donors (Lipinski definition) is 4. The van der Waals surface area contributed by atoms with E-state index in [0.717, 1.165) is 0 Å². The van der Waals surface area contributed by atoms with E-state index in [-0.39, 0.29) is 5.91 Å².